The number of nitrogens with one attached hydrogen (secondary N) is 1. The summed E-state index contributed by atoms with van der Waals surface area (Å²) in [6.45, 7) is 7.47. The van der Waals surface area contributed by atoms with E-state index in [1.165, 1.54) is 11.1 Å². The Morgan fingerprint density at radius 1 is 1.16 bits per heavy atom. The highest BCUT2D eigenvalue weighted by Gasteiger charge is 2.20. The maximum absolute atomic E-state index is 4.49. The van der Waals surface area contributed by atoms with E-state index in [9.17, 15) is 0 Å². The largest absolute Gasteiger partial charge is 0.310 e. The van der Waals surface area contributed by atoms with Crippen LogP contribution in [0.1, 0.15) is 42.6 Å². The predicted molar refractivity (Wildman–Crippen MR) is 80.2 cm³/mol. The van der Waals surface area contributed by atoms with E-state index in [0.29, 0.717) is 12.0 Å². The first-order valence-electron chi connectivity index (χ1n) is 6.93. The molecule has 0 radical (unpaired) electrons. The third-order valence-corrected chi connectivity index (χ3v) is 3.48. The van der Waals surface area contributed by atoms with Crippen LogP contribution >= 0.6 is 0 Å². The van der Waals surface area contributed by atoms with Crippen LogP contribution in [-0.4, -0.2) is 11.5 Å². The van der Waals surface area contributed by atoms with Gasteiger partial charge in [-0.15, -0.1) is 0 Å². The monoisotopic (exact) mass is 254 g/mol. The Morgan fingerprint density at radius 3 is 2.63 bits per heavy atom. The summed E-state index contributed by atoms with van der Waals surface area (Å²) in [7, 11) is 0. The Bertz CT molecular complexity index is 508. The number of rotatable bonds is 5. The summed E-state index contributed by atoms with van der Waals surface area (Å²) in [5, 5.41) is 3.58. The van der Waals surface area contributed by atoms with Crippen LogP contribution in [0.3, 0.4) is 0 Å². The van der Waals surface area contributed by atoms with Crippen LogP contribution in [0.5, 0.6) is 0 Å². The van der Waals surface area contributed by atoms with Crippen LogP contribution < -0.4 is 5.32 Å². The molecule has 0 saturated heterocycles. The fraction of sp³-hybridized carbons (Fsp3) is 0.353. The molecule has 2 aromatic rings. The lowest BCUT2D eigenvalue weighted by Crippen LogP contribution is -2.26. The highest BCUT2D eigenvalue weighted by molar-refractivity contribution is 5.28. The average molecular weight is 254 g/mol. The minimum atomic E-state index is 0.305. The zero-order chi connectivity index (χ0) is 13.7. The first kappa shape index (κ1) is 13.8. The van der Waals surface area contributed by atoms with Crippen molar-refractivity contribution >= 4 is 0 Å². The van der Waals surface area contributed by atoms with Crippen LogP contribution in [0, 0.1) is 6.92 Å². The molecule has 0 fully saturated rings. The van der Waals surface area contributed by atoms with Crippen molar-refractivity contribution < 1.29 is 0 Å². The predicted octanol–water partition coefficient (Wildman–Crippen LogP) is 3.84. The van der Waals surface area contributed by atoms with Crippen LogP contribution in [0.25, 0.3) is 0 Å². The van der Waals surface area contributed by atoms with Crippen molar-refractivity contribution in [2.45, 2.75) is 32.7 Å². The van der Waals surface area contributed by atoms with Gasteiger partial charge in [-0.3, -0.25) is 4.98 Å². The average Bonchev–Trinajstić information content (AvgIpc) is 2.45. The highest BCUT2D eigenvalue weighted by atomic mass is 14.9. The quantitative estimate of drug-likeness (QED) is 0.876. The van der Waals surface area contributed by atoms with Crippen LogP contribution in [0.4, 0.5) is 0 Å². The molecule has 2 heteroatoms. The van der Waals surface area contributed by atoms with Gasteiger partial charge in [0, 0.05) is 23.9 Å². The van der Waals surface area contributed by atoms with Crippen molar-refractivity contribution in [2.75, 3.05) is 6.54 Å². The van der Waals surface area contributed by atoms with E-state index in [1.807, 2.05) is 12.3 Å². The molecule has 0 bridgehead atoms. The molecule has 0 spiro atoms. The summed E-state index contributed by atoms with van der Waals surface area (Å²) < 4.78 is 0. The minimum absolute atomic E-state index is 0.305. The molecule has 0 amide bonds. The van der Waals surface area contributed by atoms with Gasteiger partial charge in [0.2, 0.25) is 0 Å². The smallest absolute Gasteiger partial charge is 0.0450 e. The molecular formula is C17H22N2. The molecule has 1 aromatic heterocycles. The van der Waals surface area contributed by atoms with E-state index in [1.54, 1.807) is 0 Å². The second-order valence-corrected chi connectivity index (χ2v) is 4.99. The first-order chi connectivity index (χ1) is 9.22. The van der Waals surface area contributed by atoms with E-state index >= 15 is 0 Å². The standard InChI is InChI=1S/C17H22N2/c1-4-18-17(15-9-7-8-13(2)12-15)14(3)16-10-5-6-11-19-16/h5-12,14,17-18H,4H2,1-3H3. The normalized spacial score (nSPS) is 14.1. The van der Waals surface area contributed by atoms with Gasteiger partial charge in [-0.1, -0.05) is 49.7 Å². The van der Waals surface area contributed by atoms with Crippen LogP contribution in [0.15, 0.2) is 48.7 Å². The van der Waals surface area contributed by atoms with Crippen molar-refractivity contribution in [3.63, 3.8) is 0 Å². The second kappa shape index (κ2) is 6.48. The molecule has 0 aliphatic carbocycles. The van der Waals surface area contributed by atoms with Gasteiger partial charge in [-0.25, -0.2) is 0 Å². The Kier molecular flexibility index (Phi) is 4.69. The van der Waals surface area contributed by atoms with E-state index in [2.05, 4.69) is 67.5 Å². The minimum Gasteiger partial charge on any atom is -0.310 e. The Hall–Kier alpha value is -1.67. The number of hydrogen-bond acceptors (Lipinski definition) is 2. The van der Waals surface area contributed by atoms with Crippen molar-refractivity contribution in [2.24, 2.45) is 0 Å². The molecule has 2 rings (SSSR count). The summed E-state index contributed by atoms with van der Waals surface area (Å²) in [5.74, 6) is 0.350. The van der Waals surface area contributed by atoms with Gasteiger partial charge < -0.3 is 5.32 Å². The number of benzene rings is 1. The number of pyridine rings is 1. The number of aryl methyl sites for hydroxylation is 1. The lowest BCUT2D eigenvalue weighted by molar-refractivity contribution is 0.472. The van der Waals surface area contributed by atoms with Gasteiger partial charge >= 0.3 is 0 Å². The number of nitrogens with zero attached hydrogens (tertiary/aromatic N) is 1. The topological polar surface area (TPSA) is 24.9 Å². The molecule has 100 valence electrons. The number of hydrogen-bond donors (Lipinski definition) is 1. The molecule has 19 heavy (non-hydrogen) atoms. The lowest BCUT2D eigenvalue weighted by atomic mass is 9.90. The van der Waals surface area contributed by atoms with Crippen LogP contribution in [-0.2, 0) is 0 Å². The van der Waals surface area contributed by atoms with Crippen molar-refractivity contribution in [1.82, 2.24) is 10.3 Å². The fourth-order valence-electron chi connectivity index (χ4n) is 2.48. The van der Waals surface area contributed by atoms with E-state index in [4.69, 9.17) is 0 Å². The maximum Gasteiger partial charge on any atom is 0.0450 e. The molecule has 1 N–H and O–H groups in total. The summed E-state index contributed by atoms with van der Waals surface area (Å²) in [5.41, 5.74) is 3.77. The molecular weight excluding hydrogens is 232 g/mol. The summed E-state index contributed by atoms with van der Waals surface area (Å²) in [4.78, 5) is 4.49. The van der Waals surface area contributed by atoms with Crippen molar-refractivity contribution in [3.05, 3.63) is 65.5 Å². The van der Waals surface area contributed by atoms with Gasteiger partial charge in [0.25, 0.3) is 0 Å². The number of aromatic nitrogens is 1. The molecule has 1 heterocycles. The third-order valence-electron chi connectivity index (χ3n) is 3.48. The van der Waals surface area contributed by atoms with Crippen LogP contribution in [0.2, 0.25) is 0 Å². The van der Waals surface area contributed by atoms with E-state index in [-0.39, 0.29) is 0 Å². The van der Waals surface area contributed by atoms with Gasteiger partial charge in [-0.05, 0) is 31.2 Å². The lowest BCUT2D eigenvalue weighted by Gasteiger charge is -2.25. The molecule has 0 saturated carbocycles. The third kappa shape index (κ3) is 3.42. The summed E-state index contributed by atoms with van der Waals surface area (Å²) >= 11 is 0. The molecule has 1 aromatic carbocycles. The zero-order valence-corrected chi connectivity index (χ0v) is 11.9. The first-order valence-corrected chi connectivity index (χ1v) is 6.93. The molecule has 0 aliphatic heterocycles. The van der Waals surface area contributed by atoms with Gasteiger partial charge in [-0.2, -0.15) is 0 Å². The highest BCUT2D eigenvalue weighted by Crippen LogP contribution is 2.29. The van der Waals surface area contributed by atoms with Crippen molar-refractivity contribution in [3.8, 4) is 0 Å². The molecule has 2 unspecified atom stereocenters. The number of likely N-dealkylation sites (N-methyl/N-ethyl adjacent to an activating group) is 1. The summed E-state index contributed by atoms with van der Waals surface area (Å²) in [6, 6.07) is 15.1. The fourth-order valence-corrected chi connectivity index (χ4v) is 2.48. The second-order valence-electron chi connectivity index (χ2n) is 4.99. The van der Waals surface area contributed by atoms with E-state index in [0.717, 1.165) is 12.2 Å². The maximum atomic E-state index is 4.49. The molecule has 2 nitrogen and oxygen atoms in total. The van der Waals surface area contributed by atoms with Gasteiger partial charge in [0.1, 0.15) is 0 Å². The SMILES string of the molecule is CCNC(c1cccc(C)c1)C(C)c1ccccn1. The molecule has 0 aliphatic rings. The van der Waals surface area contributed by atoms with E-state index < -0.39 is 0 Å². The summed E-state index contributed by atoms with van der Waals surface area (Å²) in [6.07, 6.45) is 1.87. The molecule has 2 atom stereocenters. The Balaban J connectivity index is 2.30. The van der Waals surface area contributed by atoms with Gasteiger partial charge in [0.15, 0.2) is 0 Å². The Morgan fingerprint density at radius 2 is 2.00 bits per heavy atom. The Labute approximate surface area is 115 Å². The van der Waals surface area contributed by atoms with Crippen molar-refractivity contribution in [1.29, 1.82) is 0 Å². The zero-order valence-electron chi connectivity index (χ0n) is 11.9. The van der Waals surface area contributed by atoms with Gasteiger partial charge in [0.05, 0.1) is 0 Å².